The van der Waals surface area contributed by atoms with Gasteiger partial charge in [-0.3, -0.25) is 4.79 Å². The first-order valence-corrected chi connectivity index (χ1v) is 9.40. The summed E-state index contributed by atoms with van der Waals surface area (Å²) in [5.41, 5.74) is 0. The summed E-state index contributed by atoms with van der Waals surface area (Å²) in [5.74, 6) is -0.152. The molecule has 0 radical (unpaired) electrons. The maximum atomic E-state index is 10.6. The molecule has 2 nitrogen and oxygen atoms in total. The van der Waals surface area contributed by atoms with E-state index in [1.165, 1.54) is 96.8 Å². The quantitative estimate of drug-likeness (QED) is 0.243. The van der Waals surface area contributed by atoms with Crippen LogP contribution in [0, 0.1) is 0 Å². The molecule has 0 N–H and O–H groups in total. The van der Waals surface area contributed by atoms with E-state index in [2.05, 4.69) is 6.92 Å². The van der Waals surface area contributed by atoms with Gasteiger partial charge in [-0.05, 0) is 6.42 Å². The Bertz CT molecular complexity index is 214. The van der Waals surface area contributed by atoms with Gasteiger partial charge in [0.2, 0.25) is 0 Å². The molecule has 0 saturated carbocycles. The van der Waals surface area contributed by atoms with Gasteiger partial charge in [0.1, 0.15) is 0 Å². The van der Waals surface area contributed by atoms with Crippen molar-refractivity contribution in [3.8, 4) is 0 Å². The molecule has 0 fully saturated rings. The SMILES string of the molecule is CCCCCCCCCCCCCCCCCOC(C)=O. The second kappa shape index (κ2) is 17.5. The zero-order chi connectivity index (χ0) is 15.6. The second-order valence-corrected chi connectivity index (χ2v) is 6.29. The van der Waals surface area contributed by atoms with Crippen LogP contribution in [0.2, 0.25) is 0 Å². The van der Waals surface area contributed by atoms with Gasteiger partial charge in [-0.2, -0.15) is 0 Å². The van der Waals surface area contributed by atoms with Crippen LogP contribution in [0.25, 0.3) is 0 Å². The van der Waals surface area contributed by atoms with Crippen molar-refractivity contribution in [2.45, 2.75) is 110 Å². The highest BCUT2D eigenvalue weighted by Crippen LogP contribution is 2.13. The molecular formula is C19H38O2. The third-order valence-corrected chi connectivity index (χ3v) is 4.05. The molecule has 0 aliphatic rings. The Kier molecular flexibility index (Phi) is 17.1. The molecule has 0 aromatic heterocycles. The second-order valence-electron chi connectivity index (χ2n) is 6.29. The number of unbranched alkanes of at least 4 members (excludes halogenated alkanes) is 14. The van der Waals surface area contributed by atoms with Crippen molar-refractivity contribution < 1.29 is 9.53 Å². The fourth-order valence-corrected chi connectivity index (χ4v) is 2.69. The highest BCUT2D eigenvalue weighted by Gasteiger charge is 1.95. The first-order chi connectivity index (χ1) is 10.3. The summed E-state index contributed by atoms with van der Waals surface area (Å²) in [6.07, 6.45) is 20.5. The van der Waals surface area contributed by atoms with Crippen LogP contribution < -0.4 is 0 Å². The molecule has 0 bridgehead atoms. The Morgan fingerprint density at radius 2 is 0.952 bits per heavy atom. The van der Waals surface area contributed by atoms with Crippen LogP contribution in [0.15, 0.2) is 0 Å². The van der Waals surface area contributed by atoms with E-state index in [9.17, 15) is 4.79 Å². The monoisotopic (exact) mass is 298 g/mol. The predicted octanol–water partition coefficient (Wildman–Crippen LogP) is 6.42. The fraction of sp³-hybridized carbons (Fsp3) is 0.947. The number of carbonyl (C=O) groups excluding carboxylic acids is 1. The largest absolute Gasteiger partial charge is 0.466 e. The van der Waals surface area contributed by atoms with E-state index in [1.807, 2.05) is 0 Å². The van der Waals surface area contributed by atoms with Crippen LogP contribution in [0.1, 0.15) is 110 Å². The van der Waals surface area contributed by atoms with Crippen LogP contribution in [-0.2, 0) is 9.53 Å². The lowest BCUT2D eigenvalue weighted by atomic mass is 10.0. The minimum Gasteiger partial charge on any atom is -0.466 e. The van der Waals surface area contributed by atoms with Crippen molar-refractivity contribution in [2.24, 2.45) is 0 Å². The van der Waals surface area contributed by atoms with E-state index in [-0.39, 0.29) is 5.97 Å². The molecule has 0 amide bonds. The molecule has 126 valence electrons. The molecule has 0 spiro atoms. The molecule has 0 aliphatic carbocycles. The lowest BCUT2D eigenvalue weighted by Crippen LogP contribution is -2.00. The van der Waals surface area contributed by atoms with E-state index in [4.69, 9.17) is 4.74 Å². The molecule has 0 aromatic rings. The van der Waals surface area contributed by atoms with E-state index in [0.29, 0.717) is 6.61 Å². The molecule has 0 saturated heterocycles. The van der Waals surface area contributed by atoms with E-state index in [0.717, 1.165) is 6.42 Å². The molecule has 2 heteroatoms. The molecule has 0 unspecified atom stereocenters. The smallest absolute Gasteiger partial charge is 0.302 e. The van der Waals surface area contributed by atoms with Gasteiger partial charge in [0.25, 0.3) is 0 Å². The van der Waals surface area contributed by atoms with Gasteiger partial charge in [0.15, 0.2) is 0 Å². The zero-order valence-electron chi connectivity index (χ0n) is 14.6. The molecule has 0 rings (SSSR count). The highest BCUT2D eigenvalue weighted by atomic mass is 16.5. The Labute approximate surface area is 133 Å². The van der Waals surface area contributed by atoms with Gasteiger partial charge in [-0.15, -0.1) is 0 Å². The Balaban J connectivity index is 2.95. The number of carbonyl (C=O) groups is 1. The summed E-state index contributed by atoms with van der Waals surface area (Å²) in [4.78, 5) is 10.6. The van der Waals surface area contributed by atoms with E-state index < -0.39 is 0 Å². The fourth-order valence-electron chi connectivity index (χ4n) is 2.69. The molecule has 21 heavy (non-hydrogen) atoms. The Morgan fingerprint density at radius 3 is 1.29 bits per heavy atom. The highest BCUT2D eigenvalue weighted by molar-refractivity contribution is 5.65. The average Bonchev–Trinajstić information content (AvgIpc) is 2.46. The molecule has 0 aromatic carbocycles. The van der Waals surface area contributed by atoms with Crippen LogP contribution in [0.3, 0.4) is 0 Å². The summed E-state index contributed by atoms with van der Waals surface area (Å²) in [7, 11) is 0. The average molecular weight is 299 g/mol. The summed E-state index contributed by atoms with van der Waals surface area (Å²) in [5, 5.41) is 0. The third kappa shape index (κ3) is 19.5. The summed E-state index contributed by atoms with van der Waals surface area (Å²) < 4.78 is 4.92. The molecular weight excluding hydrogens is 260 g/mol. The minimum atomic E-state index is -0.152. The van der Waals surface area contributed by atoms with Crippen molar-refractivity contribution in [2.75, 3.05) is 6.61 Å². The van der Waals surface area contributed by atoms with Crippen molar-refractivity contribution in [3.05, 3.63) is 0 Å². The lowest BCUT2D eigenvalue weighted by molar-refractivity contribution is -0.141. The maximum Gasteiger partial charge on any atom is 0.302 e. The van der Waals surface area contributed by atoms with E-state index in [1.54, 1.807) is 0 Å². The first-order valence-electron chi connectivity index (χ1n) is 9.40. The maximum absolute atomic E-state index is 10.6. The summed E-state index contributed by atoms with van der Waals surface area (Å²) in [6.45, 7) is 4.36. The zero-order valence-corrected chi connectivity index (χ0v) is 14.6. The van der Waals surface area contributed by atoms with E-state index >= 15 is 0 Å². The number of hydrogen-bond acceptors (Lipinski definition) is 2. The predicted molar refractivity (Wildman–Crippen MR) is 91.6 cm³/mol. The summed E-state index contributed by atoms with van der Waals surface area (Å²) in [6, 6.07) is 0. The van der Waals surface area contributed by atoms with Gasteiger partial charge >= 0.3 is 5.97 Å². The first kappa shape index (κ1) is 20.5. The summed E-state index contributed by atoms with van der Waals surface area (Å²) >= 11 is 0. The van der Waals surface area contributed by atoms with Gasteiger partial charge in [0, 0.05) is 6.92 Å². The van der Waals surface area contributed by atoms with Gasteiger partial charge in [0.05, 0.1) is 6.61 Å². The number of ether oxygens (including phenoxy) is 1. The standard InChI is InChI=1S/C19H38O2/c1-3-4-5-6-7-8-9-10-11-12-13-14-15-16-17-18-21-19(2)20/h3-18H2,1-2H3. The minimum absolute atomic E-state index is 0.152. The van der Waals surface area contributed by atoms with Crippen molar-refractivity contribution >= 4 is 5.97 Å². The van der Waals surface area contributed by atoms with Crippen molar-refractivity contribution in [1.82, 2.24) is 0 Å². The van der Waals surface area contributed by atoms with Crippen LogP contribution in [-0.4, -0.2) is 12.6 Å². The van der Waals surface area contributed by atoms with Gasteiger partial charge in [-0.1, -0.05) is 96.8 Å². The topological polar surface area (TPSA) is 26.3 Å². The number of hydrogen-bond donors (Lipinski definition) is 0. The van der Waals surface area contributed by atoms with Gasteiger partial charge in [-0.25, -0.2) is 0 Å². The molecule has 0 atom stereocenters. The number of rotatable bonds is 16. The van der Waals surface area contributed by atoms with Crippen molar-refractivity contribution in [1.29, 1.82) is 0 Å². The van der Waals surface area contributed by atoms with Crippen LogP contribution >= 0.6 is 0 Å². The molecule has 0 aliphatic heterocycles. The number of esters is 1. The Morgan fingerprint density at radius 1 is 0.619 bits per heavy atom. The third-order valence-electron chi connectivity index (χ3n) is 4.05. The van der Waals surface area contributed by atoms with Crippen LogP contribution in [0.5, 0.6) is 0 Å². The lowest BCUT2D eigenvalue weighted by Gasteiger charge is -2.03. The Hall–Kier alpha value is -0.530. The van der Waals surface area contributed by atoms with Gasteiger partial charge < -0.3 is 4.74 Å². The van der Waals surface area contributed by atoms with Crippen LogP contribution in [0.4, 0.5) is 0 Å². The normalized spacial score (nSPS) is 10.8. The molecule has 0 heterocycles. The van der Waals surface area contributed by atoms with Crippen molar-refractivity contribution in [3.63, 3.8) is 0 Å².